The first kappa shape index (κ1) is 15.7. The highest BCUT2D eigenvalue weighted by atomic mass is 19.3. The minimum absolute atomic E-state index is 0.120. The molecule has 0 aromatic carbocycles. The number of amides is 1. The molecule has 2 fully saturated rings. The fourth-order valence-corrected chi connectivity index (χ4v) is 3.35. The summed E-state index contributed by atoms with van der Waals surface area (Å²) in [4.78, 5) is 14.6. The number of piperidine rings is 1. The van der Waals surface area contributed by atoms with Crippen LogP contribution in [0.15, 0.2) is 0 Å². The van der Waals surface area contributed by atoms with Crippen LogP contribution in [-0.4, -0.2) is 42.4 Å². The van der Waals surface area contributed by atoms with Gasteiger partial charge in [0.1, 0.15) is 0 Å². The minimum Gasteiger partial charge on any atom is -0.339 e. The number of nitrogens with one attached hydrogen (secondary N) is 1. The SMILES string of the molecule is CCCN(C(=O)C1CCC(F)(F)CC1)C1CCNCC1. The van der Waals surface area contributed by atoms with Crippen LogP contribution in [0.25, 0.3) is 0 Å². The summed E-state index contributed by atoms with van der Waals surface area (Å²) in [5.74, 6) is -2.62. The molecule has 1 aliphatic carbocycles. The van der Waals surface area contributed by atoms with Crippen LogP contribution < -0.4 is 5.32 Å². The molecule has 1 saturated heterocycles. The predicted molar refractivity (Wildman–Crippen MR) is 74.8 cm³/mol. The lowest BCUT2D eigenvalue weighted by molar-refractivity contribution is -0.142. The topological polar surface area (TPSA) is 32.3 Å². The number of halogens is 2. The lowest BCUT2D eigenvalue weighted by Crippen LogP contribution is -2.49. The van der Waals surface area contributed by atoms with Crippen molar-refractivity contribution in [2.75, 3.05) is 19.6 Å². The monoisotopic (exact) mass is 288 g/mol. The highest BCUT2D eigenvalue weighted by Gasteiger charge is 2.39. The maximum Gasteiger partial charge on any atom is 0.248 e. The molecule has 5 heteroatoms. The van der Waals surface area contributed by atoms with Gasteiger partial charge in [-0.05, 0) is 45.2 Å². The Labute approximate surface area is 120 Å². The van der Waals surface area contributed by atoms with Crippen molar-refractivity contribution >= 4 is 5.91 Å². The van der Waals surface area contributed by atoms with Gasteiger partial charge in [-0.3, -0.25) is 4.79 Å². The lowest BCUT2D eigenvalue weighted by Gasteiger charge is -2.38. The average molecular weight is 288 g/mol. The largest absolute Gasteiger partial charge is 0.339 e. The number of rotatable bonds is 4. The Balaban J connectivity index is 1.96. The number of carbonyl (C=O) groups excluding carboxylic acids is 1. The smallest absolute Gasteiger partial charge is 0.248 e. The lowest BCUT2D eigenvalue weighted by atomic mass is 9.85. The molecule has 20 heavy (non-hydrogen) atoms. The van der Waals surface area contributed by atoms with Crippen LogP contribution in [0.3, 0.4) is 0 Å². The van der Waals surface area contributed by atoms with Crippen LogP contribution in [0.1, 0.15) is 51.9 Å². The third-order valence-electron chi connectivity index (χ3n) is 4.56. The van der Waals surface area contributed by atoms with Crippen LogP contribution in [0.5, 0.6) is 0 Å². The van der Waals surface area contributed by atoms with Gasteiger partial charge in [-0.15, -0.1) is 0 Å². The van der Waals surface area contributed by atoms with Gasteiger partial charge in [0, 0.05) is 31.3 Å². The van der Waals surface area contributed by atoms with E-state index in [1.54, 1.807) is 0 Å². The van der Waals surface area contributed by atoms with Crippen molar-refractivity contribution < 1.29 is 13.6 Å². The molecule has 1 amide bonds. The van der Waals surface area contributed by atoms with Gasteiger partial charge >= 0.3 is 0 Å². The zero-order valence-electron chi connectivity index (χ0n) is 12.3. The number of alkyl halides is 2. The van der Waals surface area contributed by atoms with E-state index in [9.17, 15) is 13.6 Å². The fraction of sp³-hybridized carbons (Fsp3) is 0.933. The summed E-state index contributed by atoms with van der Waals surface area (Å²) in [6.07, 6.45) is 3.32. The van der Waals surface area contributed by atoms with E-state index in [1.807, 2.05) is 4.90 Å². The summed E-state index contributed by atoms with van der Waals surface area (Å²) in [5.41, 5.74) is 0. The molecular weight excluding hydrogens is 262 g/mol. The van der Waals surface area contributed by atoms with Gasteiger partial charge < -0.3 is 10.2 Å². The van der Waals surface area contributed by atoms with Crippen molar-refractivity contribution in [2.45, 2.75) is 63.8 Å². The molecule has 0 spiro atoms. The van der Waals surface area contributed by atoms with E-state index < -0.39 is 5.92 Å². The molecule has 2 aliphatic rings. The minimum atomic E-state index is -2.55. The van der Waals surface area contributed by atoms with Crippen LogP contribution in [0.2, 0.25) is 0 Å². The van der Waals surface area contributed by atoms with E-state index in [4.69, 9.17) is 0 Å². The Bertz CT molecular complexity index is 320. The van der Waals surface area contributed by atoms with Crippen molar-refractivity contribution in [1.29, 1.82) is 0 Å². The molecule has 0 unspecified atom stereocenters. The first-order chi connectivity index (χ1) is 9.53. The summed E-state index contributed by atoms with van der Waals surface area (Å²) >= 11 is 0. The molecule has 0 aromatic rings. The van der Waals surface area contributed by atoms with Gasteiger partial charge in [-0.2, -0.15) is 0 Å². The summed E-state index contributed by atoms with van der Waals surface area (Å²) in [6, 6.07) is 0.297. The second-order valence-corrected chi connectivity index (χ2v) is 6.14. The van der Waals surface area contributed by atoms with Crippen molar-refractivity contribution in [3.8, 4) is 0 Å². The van der Waals surface area contributed by atoms with E-state index >= 15 is 0 Å². The van der Waals surface area contributed by atoms with Gasteiger partial charge in [-0.1, -0.05) is 6.92 Å². The quantitative estimate of drug-likeness (QED) is 0.862. The Morgan fingerprint density at radius 2 is 1.80 bits per heavy atom. The van der Waals surface area contributed by atoms with Crippen molar-refractivity contribution in [2.24, 2.45) is 5.92 Å². The zero-order valence-corrected chi connectivity index (χ0v) is 12.3. The molecule has 0 atom stereocenters. The van der Waals surface area contributed by atoms with Gasteiger partial charge in [0.2, 0.25) is 11.8 Å². The Hall–Kier alpha value is -0.710. The van der Waals surface area contributed by atoms with Gasteiger partial charge in [0.15, 0.2) is 0 Å². The molecule has 2 rings (SSSR count). The van der Waals surface area contributed by atoms with E-state index in [1.165, 1.54) is 0 Å². The van der Waals surface area contributed by atoms with Crippen LogP contribution in [-0.2, 0) is 4.79 Å². The van der Waals surface area contributed by atoms with Gasteiger partial charge in [0.25, 0.3) is 0 Å². The summed E-state index contributed by atoms with van der Waals surface area (Å²) in [6.45, 7) is 4.72. The molecule has 0 radical (unpaired) electrons. The average Bonchev–Trinajstić information content (AvgIpc) is 2.45. The van der Waals surface area contributed by atoms with Crippen LogP contribution >= 0.6 is 0 Å². The normalized spacial score (nSPS) is 24.6. The molecule has 0 aromatic heterocycles. The van der Waals surface area contributed by atoms with E-state index in [-0.39, 0.29) is 24.7 Å². The van der Waals surface area contributed by atoms with Crippen molar-refractivity contribution in [1.82, 2.24) is 10.2 Å². The summed E-state index contributed by atoms with van der Waals surface area (Å²) in [5, 5.41) is 3.30. The molecular formula is C15H26F2N2O. The highest BCUT2D eigenvalue weighted by Crippen LogP contribution is 2.37. The molecule has 1 aliphatic heterocycles. The summed E-state index contributed by atoms with van der Waals surface area (Å²) < 4.78 is 26.4. The molecule has 0 bridgehead atoms. The van der Waals surface area contributed by atoms with Crippen LogP contribution in [0, 0.1) is 5.92 Å². The first-order valence-electron chi connectivity index (χ1n) is 7.92. The third-order valence-corrected chi connectivity index (χ3v) is 4.56. The maximum atomic E-state index is 13.2. The number of nitrogens with zero attached hydrogens (tertiary/aromatic N) is 1. The van der Waals surface area contributed by atoms with Crippen molar-refractivity contribution in [3.05, 3.63) is 0 Å². The second-order valence-electron chi connectivity index (χ2n) is 6.14. The van der Waals surface area contributed by atoms with E-state index in [0.29, 0.717) is 18.9 Å². The van der Waals surface area contributed by atoms with E-state index in [0.717, 1.165) is 38.9 Å². The molecule has 3 nitrogen and oxygen atoms in total. The number of hydrogen-bond donors (Lipinski definition) is 1. The zero-order chi connectivity index (χ0) is 14.6. The second kappa shape index (κ2) is 6.83. The molecule has 1 saturated carbocycles. The molecule has 1 N–H and O–H groups in total. The standard InChI is InChI=1S/C15H26F2N2O/c1-2-11-19(13-5-9-18-10-6-13)14(20)12-3-7-15(16,17)8-4-12/h12-13,18H,2-11H2,1H3. The van der Waals surface area contributed by atoms with Crippen molar-refractivity contribution in [3.63, 3.8) is 0 Å². The predicted octanol–water partition coefficient (Wildman–Crippen LogP) is 2.80. The van der Waals surface area contributed by atoms with E-state index in [2.05, 4.69) is 12.2 Å². The Kier molecular flexibility index (Phi) is 5.35. The Morgan fingerprint density at radius 1 is 1.20 bits per heavy atom. The number of carbonyl (C=O) groups is 1. The van der Waals surface area contributed by atoms with Crippen LogP contribution in [0.4, 0.5) is 8.78 Å². The number of hydrogen-bond acceptors (Lipinski definition) is 2. The Morgan fingerprint density at radius 3 is 2.35 bits per heavy atom. The highest BCUT2D eigenvalue weighted by molar-refractivity contribution is 5.79. The fourth-order valence-electron chi connectivity index (χ4n) is 3.35. The summed E-state index contributed by atoms with van der Waals surface area (Å²) in [7, 11) is 0. The molecule has 1 heterocycles. The molecule has 116 valence electrons. The van der Waals surface area contributed by atoms with Gasteiger partial charge in [-0.25, -0.2) is 8.78 Å². The third kappa shape index (κ3) is 3.90. The maximum absolute atomic E-state index is 13.2. The first-order valence-corrected chi connectivity index (χ1v) is 7.92. The van der Waals surface area contributed by atoms with Gasteiger partial charge in [0.05, 0.1) is 0 Å².